The Morgan fingerprint density at radius 2 is 1.84 bits per heavy atom. The highest BCUT2D eigenvalue weighted by atomic mass is 32.2. The summed E-state index contributed by atoms with van der Waals surface area (Å²) in [7, 11) is 0. The number of halogens is 3. The fourth-order valence-electron chi connectivity index (χ4n) is 1.56. The normalized spacial score (nSPS) is 12.6. The number of hydrogen-bond donors (Lipinski definition) is 2. The molecule has 1 aromatic rings. The van der Waals surface area contributed by atoms with Crippen molar-refractivity contribution in [2.75, 3.05) is 17.6 Å². The summed E-state index contributed by atoms with van der Waals surface area (Å²) in [6.07, 6.45) is 0. The van der Waals surface area contributed by atoms with Crippen LogP contribution in [0.5, 0.6) is 0 Å². The number of nitrogens with one attached hydrogen (secondary N) is 1. The van der Waals surface area contributed by atoms with Crippen molar-refractivity contribution in [3.05, 3.63) is 29.3 Å². The first-order valence-corrected chi connectivity index (χ1v) is 6.61. The molecule has 0 aliphatic heterocycles. The van der Waals surface area contributed by atoms with Gasteiger partial charge in [-0.3, -0.25) is 4.99 Å². The van der Waals surface area contributed by atoms with Gasteiger partial charge in [-0.25, -0.2) is 0 Å². The number of nitrogens with two attached hydrogens (primary N) is 1. The largest absolute Gasteiger partial charge is 0.441 e. The summed E-state index contributed by atoms with van der Waals surface area (Å²) in [6, 6.07) is 5.79. The van der Waals surface area contributed by atoms with Crippen molar-refractivity contribution in [3.63, 3.8) is 0 Å². The maximum Gasteiger partial charge on any atom is 0.441 e. The SMILES string of the molecule is Cc1cc(C)cc(NC(N)=NCCSC(F)(F)F)c1. The van der Waals surface area contributed by atoms with Gasteiger partial charge in [-0.2, -0.15) is 13.2 Å². The lowest BCUT2D eigenvalue weighted by Gasteiger charge is -2.08. The molecule has 0 aliphatic carbocycles. The maximum absolute atomic E-state index is 11.9. The van der Waals surface area contributed by atoms with Gasteiger partial charge in [0, 0.05) is 11.4 Å². The van der Waals surface area contributed by atoms with Gasteiger partial charge in [-0.15, -0.1) is 0 Å². The quantitative estimate of drug-likeness (QED) is 0.508. The predicted molar refractivity (Wildman–Crippen MR) is 74.5 cm³/mol. The van der Waals surface area contributed by atoms with Crippen LogP contribution >= 0.6 is 11.8 Å². The topological polar surface area (TPSA) is 50.4 Å². The van der Waals surface area contributed by atoms with E-state index in [1.165, 1.54) is 0 Å². The van der Waals surface area contributed by atoms with Gasteiger partial charge in [-0.05, 0) is 48.9 Å². The standard InChI is InChI=1S/C12H16F3N3S/c1-8-5-9(2)7-10(6-8)18-11(16)17-3-4-19-12(13,14)15/h5-7H,3-4H2,1-2H3,(H3,16,17,18). The van der Waals surface area contributed by atoms with Crippen molar-refractivity contribution in [1.82, 2.24) is 0 Å². The van der Waals surface area contributed by atoms with E-state index in [1.807, 2.05) is 32.0 Å². The van der Waals surface area contributed by atoms with Gasteiger partial charge in [0.25, 0.3) is 0 Å². The van der Waals surface area contributed by atoms with Gasteiger partial charge in [0.1, 0.15) is 0 Å². The Labute approximate surface area is 114 Å². The first kappa shape index (κ1) is 15.7. The van der Waals surface area contributed by atoms with Crippen LogP contribution in [0, 0.1) is 13.8 Å². The second kappa shape index (κ2) is 6.70. The first-order chi connectivity index (χ1) is 8.76. The Balaban J connectivity index is 2.47. The number of alkyl halides is 3. The van der Waals surface area contributed by atoms with Gasteiger partial charge >= 0.3 is 5.51 Å². The molecule has 106 valence electrons. The van der Waals surface area contributed by atoms with Crippen LogP contribution in [0.3, 0.4) is 0 Å². The van der Waals surface area contributed by atoms with E-state index < -0.39 is 5.51 Å². The molecule has 0 spiro atoms. The predicted octanol–water partition coefficient (Wildman–Crippen LogP) is 3.28. The molecule has 0 saturated carbocycles. The highest BCUT2D eigenvalue weighted by Gasteiger charge is 2.27. The minimum atomic E-state index is -4.22. The number of guanidine groups is 1. The Hall–Kier alpha value is -1.37. The fraction of sp³-hybridized carbons (Fsp3) is 0.417. The Morgan fingerprint density at radius 1 is 1.26 bits per heavy atom. The molecule has 0 saturated heterocycles. The number of nitrogens with zero attached hydrogens (tertiary/aromatic N) is 1. The molecule has 19 heavy (non-hydrogen) atoms. The van der Waals surface area contributed by atoms with Crippen molar-refractivity contribution >= 4 is 23.4 Å². The summed E-state index contributed by atoms with van der Waals surface area (Å²) in [4.78, 5) is 3.84. The molecular weight excluding hydrogens is 275 g/mol. The summed E-state index contributed by atoms with van der Waals surface area (Å²) >= 11 is -0.104. The van der Waals surface area contributed by atoms with E-state index in [-0.39, 0.29) is 30.0 Å². The van der Waals surface area contributed by atoms with E-state index in [9.17, 15) is 13.2 Å². The number of anilines is 1. The summed E-state index contributed by atoms with van der Waals surface area (Å²) in [5.74, 6) is -0.0218. The third-order valence-corrected chi connectivity index (χ3v) is 2.85. The van der Waals surface area contributed by atoms with E-state index in [0.29, 0.717) is 0 Å². The Bertz CT molecular complexity index is 438. The molecule has 0 amide bonds. The molecule has 7 heteroatoms. The van der Waals surface area contributed by atoms with E-state index in [0.717, 1.165) is 16.8 Å². The van der Waals surface area contributed by atoms with Crippen molar-refractivity contribution < 1.29 is 13.2 Å². The van der Waals surface area contributed by atoms with E-state index in [2.05, 4.69) is 10.3 Å². The van der Waals surface area contributed by atoms with E-state index in [1.54, 1.807) is 0 Å². The van der Waals surface area contributed by atoms with Gasteiger partial charge in [-0.1, -0.05) is 6.07 Å². The fourth-order valence-corrected chi connectivity index (χ4v) is 1.98. The van der Waals surface area contributed by atoms with Gasteiger partial charge in [0.05, 0.1) is 6.54 Å². The second-order valence-corrected chi connectivity index (χ2v) is 5.22. The van der Waals surface area contributed by atoms with Crippen LogP contribution in [0.4, 0.5) is 18.9 Å². The third-order valence-electron chi connectivity index (χ3n) is 2.13. The lowest BCUT2D eigenvalue weighted by atomic mass is 10.1. The molecule has 3 nitrogen and oxygen atoms in total. The summed E-state index contributed by atoms with van der Waals surface area (Å²) in [5, 5.41) is 2.86. The molecule has 0 heterocycles. The van der Waals surface area contributed by atoms with Crippen LogP contribution in [0.2, 0.25) is 0 Å². The number of thioether (sulfide) groups is 1. The maximum atomic E-state index is 11.9. The minimum Gasteiger partial charge on any atom is -0.370 e. The number of aliphatic imine (C=N–C) groups is 1. The van der Waals surface area contributed by atoms with Crippen LogP contribution in [0.25, 0.3) is 0 Å². The van der Waals surface area contributed by atoms with Crippen LogP contribution in [-0.4, -0.2) is 23.8 Å². The van der Waals surface area contributed by atoms with E-state index >= 15 is 0 Å². The van der Waals surface area contributed by atoms with Crippen molar-refractivity contribution in [1.29, 1.82) is 0 Å². The smallest absolute Gasteiger partial charge is 0.370 e. The lowest BCUT2D eigenvalue weighted by Crippen LogP contribution is -2.23. The van der Waals surface area contributed by atoms with Crippen molar-refractivity contribution in [2.45, 2.75) is 19.4 Å². The molecule has 1 aromatic carbocycles. The lowest BCUT2D eigenvalue weighted by molar-refractivity contribution is -0.0327. The molecule has 0 aliphatic rings. The van der Waals surface area contributed by atoms with Crippen LogP contribution in [0.15, 0.2) is 23.2 Å². The molecule has 0 radical (unpaired) electrons. The molecule has 0 unspecified atom stereocenters. The molecule has 0 bridgehead atoms. The first-order valence-electron chi connectivity index (χ1n) is 5.62. The van der Waals surface area contributed by atoms with Crippen molar-refractivity contribution in [3.8, 4) is 0 Å². The van der Waals surface area contributed by atoms with Crippen LogP contribution in [0.1, 0.15) is 11.1 Å². The summed E-state index contributed by atoms with van der Waals surface area (Å²) < 4.78 is 35.7. The molecule has 0 atom stereocenters. The number of hydrogen-bond acceptors (Lipinski definition) is 2. The zero-order chi connectivity index (χ0) is 14.5. The average molecular weight is 291 g/mol. The minimum absolute atomic E-state index is 0.0216. The second-order valence-electron chi connectivity index (χ2n) is 4.06. The van der Waals surface area contributed by atoms with Gasteiger partial charge in [0.15, 0.2) is 5.96 Å². The highest BCUT2D eigenvalue weighted by molar-refractivity contribution is 8.00. The highest BCUT2D eigenvalue weighted by Crippen LogP contribution is 2.29. The third kappa shape index (κ3) is 6.95. The zero-order valence-electron chi connectivity index (χ0n) is 10.7. The monoisotopic (exact) mass is 291 g/mol. The summed E-state index contributed by atoms with van der Waals surface area (Å²) in [6.45, 7) is 3.92. The van der Waals surface area contributed by atoms with Crippen LogP contribution in [-0.2, 0) is 0 Å². The average Bonchev–Trinajstić information content (AvgIpc) is 2.21. The Kier molecular flexibility index (Phi) is 5.53. The number of rotatable bonds is 4. The van der Waals surface area contributed by atoms with Gasteiger partial charge in [0.2, 0.25) is 0 Å². The number of benzene rings is 1. The van der Waals surface area contributed by atoms with Gasteiger partial charge < -0.3 is 11.1 Å². The molecular formula is C12H16F3N3S. The Morgan fingerprint density at radius 3 is 2.37 bits per heavy atom. The number of aryl methyl sites for hydroxylation is 2. The van der Waals surface area contributed by atoms with Crippen molar-refractivity contribution in [2.24, 2.45) is 10.7 Å². The molecule has 0 fully saturated rings. The zero-order valence-corrected chi connectivity index (χ0v) is 11.5. The van der Waals surface area contributed by atoms with Crippen LogP contribution < -0.4 is 11.1 Å². The molecule has 0 aromatic heterocycles. The molecule has 3 N–H and O–H groups in total. The van der Waals surface area contributed by atoms with E-state index in [4.69, 9.17) is 5.73 Å². The summed E-state index contributed by atoms with van der Waals surface area (Å²) in [5.41, 5.74) is 4.31. The molecule has 1 rings (SSSR count).